The van der Waals surface area contributed by atoms with Gasteiger partial charge in [0.2, 0.25) is 0 Å². The molecule has 2 N–H and O–H groups in total. The first-order valence-corrected chi connectivity index (χ1v) is 7.11. The van der Waals surface area contributed by atoms with E-state index in [9.17, 15) is 4.79 Å². The lowest BCUT2D eigenvalue weighted by Gasteiger charge is -2.18. The lowest BCUT2D eigenvalue weighted by Crippen LogP contribution is -2.33. The fourth-order valence-corrected chi connectivity index (χ4v) is 3.18. The normalized spacial score (nSPS) is 23.9. The molecular weight excluding hydrogens is 226 g/mol. The minimum Gasteiger partial charge on any atom is -0.348 e. The van der Waals surface area contributed by atoms with E-state index in [1.54, 1.807) is 0 Å². The minimum atomic E-state index is 0.0218. The van der Waals surface area contributed by atoms with E-state index in [1.165, 1.54) is 25.0 Å². The summed E-state index contributed by atoms with van der Waals surface area (Å²) in [5.41, 5.74) is 2.97. The van der Waals surface area contributed by atoms with Crippen LogP contribution in [0.3, 0.4) is 0 Å². The molecule has 1 aromatic heterocycles. The molecule has 1 saturated carbocycles. The van der Waals surface area contributed by atoms with Crippen LogP contribution in [0.25, 0.3) is 0 Å². The van der Waals surface area contributed by atoms with Crippen molar-refractivity contribution in [3.05, 3.63) is 17.0 Å². The summed E-state index contributed by atoms with van der Waals surface area (Å²) in [6.07, 6.45) is 7.92. The number of H-pyrrole nitrogens is 1. The maximum atomic E-state index is 12.2. The average molecular weight is 247 g/mol. The Hall–Kier alpha value is -1.32. The summed E-state index contributed by atoms with van der Waals surface area (Å²) >= 11 is 0. The third-order valence-corrected chi connectivity index (χ3v) is 4.30. The number of nitrogens with one attached hydrogen (secondary N) is 2. The number of aryl methyl sites for hydroxylation is 1. The van der Waals surface area contributed by atoms with Gasteiger partial charge in [0.1, 0.15) is 0 Å². The van der Waals surface area contributed by atoms with Gasteiger partial charge in [0.25, 0.3) is 5.91 Å². The largest absolute Gasteiger partial charge is 0.348 e. The highest BCUT2D eigenvalue weighted by molar-refractivity contribution is 5.94. The zero-order valence-corrected chi connectivity index (χ0v) is 11.0. The number of aromatic nitrogens is 2. The van der Waals surface area contributed by atoms with E-state index in [1.807, 2.05) is 0 Å². The maximum Gasteiger partial charge on any atom is 0.272 e. The van der Waals surface area contributed by atoms with Crippen LogP contribution < -0.4 is 5.32 Å². The van der Waals surface area contributed by atoms with Crippen molar-refractivity contribution < 1.29 is 4.79 Å². The van der Waals surface area contributed by atoms with Gasteiger partial charge >= 0.3 is 0 Å². The van der Waals surface area contributed by atoms with Gasteiger partial charge in [-0.3, -0.25) is 9.89 Å². The smallest absolute Gasteiger partial charge is 0.272 e. The van der Waals surface area contributed by atoms with Crippen molar-refractivity contribution >= 4 is 5.91 Å². The Morgan fingerprint density at radius 1 is 1.33 bits per heavy atom. The predicted molar refractivity (Wildman–Crippen MR) is 69.5 cm³/mol. The van der Waals surface area contributed by atoms with E-state index in [-0.39, 0.29) is 5.91 Å². The molecule has 0 radical (unpaired) electrons. The summed E-state index contributed by atoms with van der Waals surface area (Å²) in [6, 6.07) is 0.367. The first-order valence-electron chi connectivity index (χ1n) is 7.11. The van der Waals surface area contributed by atoms with Gasteiger partial charge in [-0.2, -0.15) is 5.10 Å². The van der Waals surface area contributed by atoms with E-state index in [0.29, 0.717) is 17.7 Å². The maximum absolute atomic E-state index is 12.2. The van der Waals surface area contributed by atoms with Crippen molar-refractivity contribution in [2.75, 3.05) is 0 Å². The van der Waals surface area contributed by atoms with Crippen LogP contribution in [0.2, 0.25) is 0 Å². The van der Waals surface area contributed by atoms with Crippen molar-refractivity contribution in [2.24, 2.45) is 5.92 Å². The molecule has 18 heavy (non-hydrogen) atoms. The third kappa shape index (κ3) is 2.16. The van der Waals surface area contributed by atoms with Crippen molar-refractivity contribution in [2.45, 2.75) is 57.9 Å². The van der Waals surface area contributed by atoms with Gasteiger partial charge < -0.3 is 5.32 Å². The van der Waals surface area contributed by atoms with Gasteiger partial charge in [0.15, 0.2) is 5.69 Å². The van der Waals surface area contributed by atoms with Crippen LogP contribution in [0, 0.1) is 5.92 Å². The Morgan fingerprint density at radius 2 is 2.11 bits per heavy atom. The monoisotopic (exact) mass is 247 g/mol. The lowest BCUT2D eigenvalue weighted by atomic mass is 9.87. The minimum absolute atomic E-state index is 0.0218. The van der Waals surface area contributed by atoms with E-state index < -0.39 is 0 Å². The molecule has 0 spiro atoms. The molecule has 0 aliphatic heterocycles. The zero-order valence-electron chi connectivity index (χ0n) is 11.0. The van der Waals surface area contributed by atoms with Crippen LogP contribution in [0.4, 0.5) is 0 Å². The fraction of sp³-hybridized carbons (Fsp3) is 0.714. The van der Waals surface area contributed by atoms with Crippen LogP contribution in [0.1, 0.15) is 60.8 Å². The Balaban J connectivity index is 1.75. The van der Waals surface area contributed by atoms with Gasteiger partial charge in [0.05, 0.1) is 0 Å². The highest BCUT2D eigenvalue weighted by Gasteiger charge is 2.26. The molecule has 98 valence electrons. The summed E-state index contributed by atoms with van der Waals surface area (Å²) in [6.45, 7) is 2.24. The second-order valence-corrected chi connectivity index (χ2v) is 5.83. The van der Waals surface area contributed by atoms with Gasteiger partial charge in [0, 0.05) is 17.3 Å². The molecule has 0 aromatic carbocycles. The SMILES string of the molecule is C[C@H]1CCc2[nH]nc(C(=O)NC3CCCC3)c2C1. The number of rotatable bonds is 2. The number of carbonyl (C=O) groups excluding carboxylic acids is 1. The van der Waals surface area contributed by atoms with Crippen molar-refractivity contribution in [3.63, 3.8) is 0 Å². The van der Waals surface area contributed by atoms with Gasteiger partial charge in [-0.1, -0.05) is 19.8 Å². The molecule has 1 fully saturated rings. The third-order valence-electron chi connectivity index (χ3n) is 4.30. The van der Waals surface area contributed by atoms with Gasteiger partial charge in [-0.15, -0.1) is 0 Å². The van der Waals surface area contributed by atoms with E-state index in [4.69, 9.17) is 0 Å². The number of amides is 1. The van der Waals surface area contributed by atoms with Crippen LogP contribution in [0.15, 0.2) is 0 Å². The summed E-state index contributed by atoms with van der Waals surface area (Å²) in [7, 11) is 0. The Morgan fingerprint density at radius 3 is 2.89 bits per heavy atom. The molecule has 1 aromatic rings. The second kappa shape index (κ2) is 4.75. The molecular formula is C14H21N3O. The summed E-state index contributed by atoms with van der Waals surface area (Å²) in [5.74, 6) is 0.682. The number of hydrogen-bond acceptors (Lipinski definition) is 2. The Bertz CT molecular complexity index is 446. The molecule has 1 heterocycles. The van der Waals surface area contributed by atoms with E-state index >= 15 is 0 Å². The number of aromatic amines is 1. The molecule has 2 aliphatic carbocycles. The van der Waals surface area contributed by atoms with Crippen molar-refractivity contribution in [3.8, 4) is 0 Å². The van der Waals surface area contributed by atoms with Crippen LogP contribution >= 0.6 is 0 Å². The van der Waals surface area contributed by atoms with Gasteiger partial charge in [-0.25, -0.2) is 0 Å². The predicted octanol–water partition coefficient (Wildman–Crippen LogP) is 2.21. The second-order valence-electron chi connectivity index (χ2n) is 5.83. The lowest BCUT2D eigenvalue weighted by molar-refractivity contribution is 0.0931. The summed E-state index contributed by atoms with van der Waals surface area (Å²) in [5, 5.41) is 10.4. The van der Waals surface area contributed by atoms with Crippen LogP contribution in [-0.4, -0.2) is 22.1 Å². The van der Waals surface area contributed by atoms with E-state index in [2.05, 4.69) is 22.4 Å². The summed E-state index contributed by atoms with van der Waals surface area (Å²) < 4.78 is 0. The number of hydrogen-bond donors (Lipinski definition) is 2. The number of carbonyl (C=O) groups is 1. The molecule has 4 heteroatoms. The van der Waals surface area contributed by atoms with Crippen molar-refractivity contribution in [1.82, 2.24) is 15.5 Å². The molecule has 1 amide bonds. The summed E-state index contributed by atoms with van der Waals surface area (Å²) in [4.78, 5) is 12.2. The molecule has 3 rings (SSSR count). The number of nitrogens with zero attached hydrogens (tertiary/aromatic N) is 1. The molecule has 2 aliphatic rings. The van der Waals surface area contributed by atoms with Crippen molar-refractivity contribution in [1.29, 1.82) is 0 Å². The fourth-order valence-electron chi connectivity index (χ4n) is 3.18. The van der Waals surface area contributed by atoms with Crippen LogP contribution in [0.5, 0.6) is 0 Å². The Labute approximate surface area is 108 Å². The quantitative estimate of drug-likeness (QED) is 0.841. The molecule has 0 saturated heterocycles. The molecule has 4 nitrogen and oxygen atoms in total. The molecule has 0 bridgehead atoms. The number of fused-ring (bicyclic) bond motifs is 1. The highest BCUT2D eigenvalue weighted by atomic mass is 16.2. The first kappa shape index (κ1) is 11.8. The zero-order chi connectivity index (χ0) is 12.5. The standard InChI is InChI=1S/C14H21N3O/c1-9-6-7-12-11(8-9)13(17-16-12)14(18)15-10-4-2-3-5-10/h9-10H,2-8H2,1H3,(H,15,18)(H,16,17)/t9-/m0/s1. The topological polar surface area (TPSA) is 57.8 Å². The van der Waals surface area contributed by atoms with Gasteiger partial charge in [-0.05, 0) is 38.0 Å². The molecule has 1 atom stereocenters. The van der Waals surface area contributed by atoms with Crippen LogP contribution in [-0.2, 0) is 12.8 Å². The Kier molecular flexibility index (Phi) is 3.10. The highest BCUT2D eigenvalue weighted by Crippen LogP contribution is 2.26. The van der Waals surface area contributed by atoms with E-state index in [0.717, 1.165) is 31.2 Å². The average Bonchev–Trinajstić information content (AvgIpc) is 2.97. The first-order chi connectivity index (χ1) is 8.74. The molecule has 0 unspecified atom stereocenters.